The fourth-order valence-electron chi connectivity index (χ4n) is 3.00. The molecule has 1 amide bonds. The molecule has 0 radical (unpaired) electrons. The Morgan fingerprint density at radius 1 is 1.19 bits per heavy atom. The van der Waals surface area contributed by atoms with E-state index in [1.54, 1.807) is 18.3 Å². The summed E-state index contributed by atoms with van der Waals surface area (Å²) in [5.41, 5.74) is 1.62. The van der Waals surface area contributed by atoms with Crippen molar-refractivity contribution in [2.45, 2.75) is 25.0 Å². The summed E-state index contributed by atoms with van der Waals surface area (Å²) in [5.74, 6) is 0.743. The number of amides is 1. The second-order valence-electron chi connectivity index (χ2n) is 6.63. The quantitative estimate of drug-likeness (QED) is 0.859. The van der Waals surface area contributed by atoms with Crippen LogP contribution in [0.5, 0.6) is 0 Å². The van der Waals surface area contributed by atoms with Crippen molar-refractivity contribution in [3.05, 3.63) is 57.7 Å². The van der Waals surface area contributed by atoms with Gasteiger partial charge in [-0.25, -0.2) is 4.98 Å². The number of rotatable bonds is 4. The predicted molar refractivity (Wildman–Crippen MR) is 102 cm³/mol. The molecule has 0 spiro atoms. The van der Waals surface area contributed by atoms with E-state index >= 15 is 0 Å². The summed E-state index contributed by atoms with van der Waals surface area (Å²) in [7, 11) is 0. The van der Waals surface area contributed by atoms with Crippen LogP contribution in [0.15, 0.2) is 36.5 Å². The number of aromatic nitrogens is 1. The number of benzene rings is 1. The Kier molecular flexibility index (Phi) is 5.02. The third-order valence-electron chi connectivity index (χ3n) is 4.63. The number of pyridine rings is 1. The molecule has 2 heterocycles. The van der Waals surface area contributed by atoms with E-state index in [0.717, 1.165) is 30.8 Å². The molecule has 26 heavy (non-hydrogen) atoms. The van der Waals surface area contributed by atoms with Crippen molar-refractivity contribution in [2.24, 2.45) is 0 Å². The molecule has 0 unspecified atom stereocenters. The first-order valence-corrected chi connectivity index (χ1v) is 9.44. The lowest BCUT2D eigenvalue weighted by atomic mass is 10.1. The van der Waals surface area contributed by atoms with Gasteiger partial charge in [-0.2, -0.15) is 0 Å². The molecule has 0 bridgehead atoms. The first-order valence-electron chi connectivity index (χ1n) is 8.68. The number of halogens is 2. The van der Waals surface area contributed by atoms with Crippen LogP contribution in [0, 0.1) is 0 Å². The van der Waals surface area contributed by atoms with Crippen molar-refractivity contribution in [3.8, 4) is 0 Å². The van der Waals surface area contributed by atoms with E-state index in [2.05, 4.69) is 15.2 Å². The van der Waals surface area contributed by atoms with E-state index in [0.29, 0.717) is 34.8 Å². The zero-order valence-electron chi connectivity index (χ0n) is 14.1. The Balaban J connectivity index is 1.50. The zero-order valence-corrected chi connectivity index (χ0v) is 15.6. The van der Waals surface area contributed by atoms with Crippen LogP contribution in [-0.4, -0.2) is 36.6 Å². The molecule has 136 valence electrons. The van der Waals surface area contributed by atoms with Crippen molar-refractivity contribution in [3.63, 3.8) is 0 Å². The van der Waals surface area contributed by atoms with Crippen LogP contribution in [0.3, 0.4) is 0 Å². The van der Waals surface area contributed by atoms with E-state index in [9.17, 15) is 4.79 Å². The number of hydrogen-bond acceptors (Lipinski definition) is 4. The minimum absolute atomic E-state index is 0.0366. The lowest BCUT2D eigenvalue weighted by Crippen LogP contribution is -2.39. The molecule has 1 aromatic carbocycles. The second kappa shape index (κ2) is 7.43. The van der Waals surface area contributed by atoms with Crippen molar-refractivity contribution >= 4 is 34.9 Å². The first-order chi connectivity index (χ1) is 12.6. The molecule has 1 aliphatic carbocycles. The number of carbonyl (C=O) groups excluding carboxylic acids is 1. The fraction of sp³-hybridized carbons (Fsp3) is 0.368. The van der Waals surface area contributed by atoms with Gasteiger partial charge in [-0.15, -0.1) is 0 Å². The highest BCUT2D eigenvalue weighted by Gasteiger charge is 2.26. The fourth-order valence-corrected chi connectivity index (χ4v) is 3.31. The highest BCUT2D eigenvalue weighted by molar-refractivity contribution is 6.42. The smallest absolute Gasteiger partial charge is 0.251 e. The van der Waals surface area contributed by atoms with Crippen LogP contribution in [0.2, 0.25) is 10.0 Å². The predicted octanol–water partition coefficient (Wildman–Crippen LogP) is 3.86. The first kappa shape index (κ1) is 17.6. The summed E-state index contributed by atoms with van der Waals surface area (Å²) in [4.78, 5) is 18.8. The number of nitrogens with one attached hydrogen (secondary N) is 1. The molecule has 1 aliphatic heterocycles. The molecule has 1 aromatic heterocycles. The van der Waals surface area contributed by atoms with Crippen molar-refractivity contribution in [1.82, 2.24) is 10.3 Å². The van der Waals surface area contributed by atoms with Crippen molar-refractivity contribution in [2.75, 3.05) is 24.6 Å². The maximum atomic E-state index is 12.3. The van der Waals surface area contributed by atoms with Crippen molar-refractivity contribution in [1.29, 1.82) is 0 Å². The molecule has 1 N–H and O–H groups in total. The van der Waals surface area contributed by atoms with Gasteiger partial charge in [-0.3, -0.25) is 4.79 Å². The highest BCUT2D eigenvalue weighted by Crippen LogP contribution is 2.30. The molecule has 7 heteroatoms. The molecule has 2 fully saturated rings. The summed E-state index contributed by atoms with van der Waals surface area (Å²) in [6, 6.07) is 9.47. The topological polar surface area (TPSA) is 54.5 Å². The average Bonchev–Trinajstić information content (AvgIpc) is 3.48. The lowest BCUT2D eigenvalue weighted by molar-refractivity contribution is 0.0395. The van der Waals surface area contributed by atoms with Gasteiger partial charge in [0, 0.05) is 30.9 Å². The Morgan fingerprint density at radius 2 is 2.04 bits per heavy atom. The number of anilines is 1. The number of hydrogen-bond donors (Lipinski definition) is 1. The van der Waals surface area contributed by atoms with E-state index in [4.69, 9.17) is 27.9 Å². The zero-order chi connectivity index (χ0) is 18.1. The molecular formula is C19H19Cl2N3O2. The SMILES string of the molecule is O=C(NC1CC1)c1ccnc(N2CCO[C@@H](c3ccc(Cl)c(Cl)c3)C2)c1. The summed E-state index contributed by atoms with van der Waals surface area (Å²) in [6.45, 7) is 1.93. The van der Waals surface area contributed by atoms with Crippen LogP contribution >= 0.6 is 23.2 Å². The Bertz CT molecular complexity index is 826. The lowest BCUT2D eigenvalue weighted by Gasteiger charge is -2.34. The number of carbonyl (C=O) groups is 1. The summed E-state index contributed by atoms with van der Waals surface area (Å²) >= 11 is 12.1. The van der Waals surface area contributed by atoms with Gasteiger partial charge in [0.1, 0.15) is 11.9 Å². The van der Waals surface area contributed by atoms with Crippen LogP contribution < -0.4 is 10.2 Å². The minimum Gasteiger partial charge on any atom is -0.370 e. The Morgan fingerprint density at radius 3 is 2.81 bits per heavy atom. The van der Waals surface area contributed by atoms with E-state index in [1.807, 2.05) is 18.2 Å². The second-order valence-corrected chi connectivity index (χ2v) is 7.44. The summed E-state index contributed by atoms with van der Waals surface area (Å²) in [6.07, 6.45) is 3.70. The van der Waals surface area contributed by atoms with E-state index < -0.39 is 0 Å². The maximum Gasteiger partial charge on any atom is 0.251 e. The van der Waals surface area contributed by atoms with Gasteiger partial charge in [0.05, 0.1) is 16.7 Å². The monoisotopic (exact) mass is 391 g/mol. The molecular weight excluding hydrogens is 373 g/mol. The van der Waals surface area contributed by atoms with Crippen LogP contribution in [0.1, 0.15) is 34.9 Å². The molecule has 2 aliphatic rings. The van der Waals surface area contributed by atoms with Gasteiger partial charge in [0.25, 0.3) is 5.91 Å². The molecule has 4 rings (SSSR count). The van der Waals surface area contributed by atoms with Gasteiger partial charge in [0.2, 0.25) is 0 Å². The normalized spacial score (nSPS) is 20.1. The molecule has 1 saturated carbocycles. The molecule has 1 atom stereocenters. The third-order valence-corrected chi connectivity index (χ3v) is 5.37. The molecule has 2 aromatic rings. The van der Waals surface area contributed by atoms with Gasteiger partial charge >= 0.3 is 0 Å². The average molecular weight is 392 g/mol. The molecule has 1 saturated heterocycles. The standard InChI is InChI=1S/C19H19Cl2N3O2/c20-15-4-1-12(9-16(15)21)17-11-24(7-8-26-17)18-10-13(5-6-22-18)19(25)23-14-2-3-14/h1,4-6,9-10,14,17H,2-3,7-8,11H2,(H,23,25)/t17-/m1/s1. The summed E-state index contributed by atoms with van der Waals surface area (Å²) in [5, 5.41) is 4.05. The Hall–Kier alpha value is -1.82. The number of morpholine rings is 1. The highest BCUT2D eigenvalue weighted by atomic mass is 35.5. The van der Waals surface area contributed by atoms with Gasteiger partial charge < -0.3 is 15.0 Å². The van der Waals surface area contributed by atoms with E-state index in [1.165, 1.54) is 0 Å². The van der Waals surface area contributed by atoms with Crippen LogP contribution in [0.4, 0.5) is 5.82 Å². The molecule has 5 nitrogen and oxygen atoms in total. The van der Waals surface area contributed by atoms with Gasteiger partial charge in [0.15, 0.2) is 0 Å². The minimum atomic E-state index is -0.121. The summed E-state index contributed by atoms with van der Waals surface area (Å²) < 4.78 is 5.90. The van der Waals surface area contributed by atoms with Crippen molar-refractivity contribution < 1.29 is 9.53 Å². The Labute approximate surface area is 162 Å². The maximum absolute atomic E-state index is 12.3. The van der Waals surface area contributed by atoms with E-state index in [-0.39, 0.29) is 12.0 Å². The third kappa shape index (κ3) is 3.95. The van der Waals surface area contributed by atoms with Crippen LogP contribution in [0.25, 0.3) is 0 Å². The van der Waals surface area contributed by atoms with Gasteiger partial charge in [-0.05, 0) is 42.7 Å². The number of ether oxygens (including phenoxy) is 1. The van der Waals surface area contributed by atoms with Crippen LogP contribution in [-0.2, 0) is 4.74 Å². The number of nitrogens with zero attached hydrogens (tertiary/aromatic N) is 2. The van der Waals surface area contributed by atoms with Gasteiger partial charge in [-0.1, -0.05) is 29.3 Å². The largest absolute Gasteiger partial charge is 0.370 e.